The van der Waals surface area contributed by atoms with Gasteiger partial charge in [0.1, 0.15) is 11.5 Å². The topological polar surface area (TPSA) is 123 Å². The summed E-state index contributed by atoms with van der Waals surface area (Å²) >= 11 is 0.470. The van der Waals surface area contributed by atoms with Crippen LogP contribution in [0.15, 0.2) is 35.6 Å². The first-order chi connectivity index (χ1) is 15.9. The molecule has 1 aromatic heterocycles. The van der Waals surface area contributed by atoms with Crippen molar-refractivity contribution in [3.63, 3.8) is 0 Å². The third kappa shape index (κ3) is 7.06. The fourth-order valence-electron chi connectivity index (χ4n) is 2.80. The number of nitrogens with zero attached hydrogens (tertiary/aromatic N) is 3. The molecule has 8 nitrogen and oxygen atoms in total. The van der Waals surface area contributed by atoms with Crippen LogP contribution in [-0.4, -0.2) is 56.8 Å². The predicted octanol–water partition coefficient (Wildman–Crippen LogP) is 2.78. The van der Waals surface area contributed by atoms with Crippen LogP contribution in [0.1, 0.15) is 23.0 Å². The molecular formula is C21H21F4N5O3S. The van der Waals surface area contributed by atoms with E-state index < -0.39 is 35.2 Å². The summed E-state index contributed by atoms with van der Waals surface area (Å²) in [6.07, 6.45) is -1.02. The van der Waals surface area contributed by atoms with Gasteiger partial charge in [0, 0.05) is 12.7 Å². The number of rotatable bonds is 8. The number of amidine groups is 1. The Bertz CT molecular complexity index is 1090. The quantitative estimate of drug-likeness (QED) is 0.221. The fraction of sp³-hybridized carbons (Fsp3) is 0.333. The minimum Gasteiger partial charge on any atom is -0.463 e. The number of anilines is 1. The SMILES string of the molecule is C#CCOc1cnc(C(=O)Nc2ccc(F)c(C[C@@](C)(S/C(N)=N\C)[C@H](O)C(F)(F)F)c2)cn1. The van der Waals surface area contributed by atoms with E-state index in [9.17, 15) is 27.5 Å². The Morgan fingerprint density at radius 1 is 1.38 bits per heavy atom. The van der Waals surface area contributed by atoms with Gasteiger partial charge in [-0.15, -0.1) is 6.42 Å². The minimum absolute atomic E-state index is 0.0332. The van der Waals surface area contributed by atoms with Crippen molar-refractivity contribution in [1.29, 1.82) is 0 Å². The number of hydrogen-bond acceptors (Lipinski definition) is 7. The summed E-state index contributed by atoms with van der Waals surface area (Å²) < 4.78 is 57.5. The van der Waals surface area contributed by atoms with E-state index >= 15 is 0 Å². The molecule has 182 valence electrons. The Hall–Kier alpha value is -3.37. The molecule has 4 N–H and O–H groups in total. The summed E-state index contributed by atoms with van der Waals surface area (Å²) in [6, 6.07) is 3.36. The van der Waals surface area contributed by atoms with Gasteiger partial charge in [0.05, 0.1) is 17.1 Å². The van der Waals surface area contributed by atoms with Crippen molar-refractivity contribution in [2.75, 3.05) is 19.0 Å². The molecule has 0 spiro atoms. The van der Waals surface area contributed by atoms with Crippen LogP contribution in [0.2, 0.25) is 0 Å². The fourth-order valence-corrected chi connectivity index (χ4v) is 3.85. The summed E-state index contributed by atoms with van der Waals surface area (Å²) in [5.74, 6) is 0.815. The number of nitrogens with two attached hydrogens (primary N) is 1. The van der Waals surface area contributed by atoms with Crippen molar-refractivity contribution in [3.05, 3.63) is 47.7 Å². The molecule has 0 saturated heterocycles. The highest BCUT2D eigenvalue weighted by Crippen LogP contribution is 2.40. The molecule has 0 fully saturated rings. The maximum absolute atomic E-state index is 14.5. The Morgan fingerprint density at radius 3 is 2.65 bits per heavy atom. The van der Waals surface area contributed by atoms with Crippen LogP contribution in [-0.2, 0) is 6.42 Å². The predicted molar refractivity (Wildman–Crippen MR) is 120 cm³/mol. The van der Waals surface area contributed by atoms with Crippen LogP contribution < -0.4 is 15.8 Å². The van der Waals surface area contributed by atoms with Crippen LogP contribution >= 0.6 is 11.8 Å². The number of alkyl halides is 3. The smallest absolute Gasteiger partial charge is 0.415 e. The molecule has 2 atom stereocenters. The number of carbonyl (C=O) groups is 1. The lowest BCUT2D eigenvalue weighted by molar-refractivity contribution is -0.212. The van der Waals surface area contributed by atoms with Gasteiger partial charge < -0.3 is 20.9 Å². The Morgan fingerprint density at radius 2 is 2.09 bits per heavy atom. The maximum atomic E-state index is 14.5. The van der Waals surface area contributed by atoms with E-state index in [0.29, 0.717) is 11.8 Å². The number of aliphatic imine (C=N–C) groups is 1. The van der Waals surface area contributed by atoms with E-state index in [1.165, 1.54) is 19.3 Å². The van der Waals surface area contributed by atoms with E-state index in [0.717, 1.165) is 25.3 Å². The standard InChI is InChI=1S/C21H21F4N5O3S/c1-4-7-33-16-11-28-15(10-29-16)17(31)30-13-5-6-14(22)12(8-13)9-20(2,34-19(26)27-3)18(32)21(23,24)25/h1,5-6,8,10-11,18,32H,7,9H2,2-3H3,(H2,26,27)(H,30,31)/t18-,20+/m0/s1. The highest BCUT2D eigenvalue weighted by atomic mass is 32.2. The van der Waals surface area contributed by atoms with Crippen molar-refractivity contribution >= 4 is 28.5 Å². The molecule has 1 heterocycles. The van der Waals surface area contributed by atoms with Crippen LogP contribution in [0.4, 0.5) is 23.2 Å². The lowest BCUT2D eigenvalue weighted by atomic mass is 9.93. The average molecular weight is 499 g/mol. The lowest BCUT2D eigenvalue weighted by Crippen LogP contribution is -2.49. The third-order valence-corrected chi connectivity index (χ3v) is 5.68. The highest BCUT2D eigenvalue weighted by Gasteiger charge is 2.51. The van der Waals surface area contributed by atoms with E-state index in [4.69, 9.17) is 16.9 Å². The molecular weight excluding hydrogens is 478 g/mol. The summed E-state index contributed by atoms with van der Waals surface area (Å²) in [5.41, 5.74) is 5.38. The Kier molecular flexibility index (Phi) is 8.83. The van der Waals surface area contributed by atoms with Gasteiger partial charge in [-0.2, -0.15) is 13.2 Å². The number of carbonyl (C=O) groups excluding carboxylic acids is 1. The van der Waals surface area contributed by atoms with Gasteiger partial charge in [0.15, 0.2) is 17.9 Å². The van der Waals surface area contributed by atoms with Gasteiger partial charge in [-0.3, -0.25) is 9.79 Å². The van der Waals surface area contributed by atoms with Crippen molar-refractivity contribution in [2.45, 2.75) is 30.4 Å². The molecule has 13 heteroatoms. The van der Waals surface area contributed by atoms with Crippen LogP contribution in [0, 0.1) is 18.2 Å². The number of ether oxygens (including phenoxy) is 1. The number of hydrogen-bond donors (Lipinski definition) is 3. The van der Waals surface area contributed by atoms with Crippen LogP contribution in [0.5, 0.6) is 5.88 Å². The summed E-state index contributed by atoms with van der Waals surface area (Å²) in [4.78, 5) is 23.8. The lowest BCUT2D eigenvalue weighted by Gasteiger charge is -2.34. The average Bonchev–Trinajstić information content (AvgIpc) is 2.78. The zero-order valence-corrected chi connectivity index (χ0v) is 18.9. The minimum atomic E-state index is -4.99. The zero-order chi connectivity index (χ0) is 25.5. The number of aromatic nitrogens is 2. The van der Waals surface area contributed by atoms with Crippen molar-refractivity contribution < 1.29 is 32.2 Å². The molecule has 0 unspecified atom stereocenters. The molecule has 34 heavy (non-hydrogen) atoms. The molecule has 0 aliphatic heterocycles. The van der Waals surface area contributed by atoms with Gasteiger partial charge in [0.25, 0.3) is 5.91 Å². The number of amides is 1. The largest absolute Gasteiger partial charge is 0.463 e. The van der Waals surface area contributed by atoms with E-state index in [-0.39, 0.29) is 34.6 Å². The number of nitrogens with one attached hydrogen (secondary N) is 1. The second kappa shape index (κ2) is 11.2. The molecule has 0 saturated carbocycles. The summed E-state index contributed by atoms with van der Waals surface area (Å²) in [7, 11) is 1.27. The number of aliphatic hydroxyl groups excluding tert-OH is 1. The number of aliphatic hydroxyl groups is 1. The molecule has 0 aliphatic rings. The van der Waals surface area contributed by atoms with Gasteiger partial charge >= 0.3 is 6.18 Å². The first-order valence-corrected chi connectivity index (χ1v) is 10.4. The molecule has 0 aliphatic carbocycles. The molecule has 1 amide bonds. The molecule has 2 aromatic rings. The van der Waals surface area contributed by atoms with Crippen LogP contribution in [0.25, 0.3) is 0 Å². The normalized spacial score (nSPS) is 14.6. The van der Waals surface area contributed by atoms with E-state index in [2.05, 4.69) is 26.2 Å². The first-order valence-electron chi connectivity index (χ1n) is 9.53. The summed E-state index contributed by atoms with van der Waals surface area (Å²) in [5, 5.41) is 12.2. The van der Waals surface area contributed by atoms with E-state index in [1.54, 1.807) is 0 Å². The number of benzene rings is 1. The second-order valence-corrected chi connectivity index (χ2v) is 8.65. The van der Waals surface area contributed by atoms with Crippen molar-refractivity contribution in [3.8, 4) is 18.2 Å². The van der Waals surface area contributed by atoms with Gasteiger partial charge in [0.2, 0.25) is 5.88 Å². The van der Waals surface area contributed by atoms with Gasteiger partial charge in [-0.1, -0.05) is 17.7 Å². The molecule has 1 aromatic carbocycles. The van der Waals surface area contributed by atoms with Gasteiger partial charge in [-0.05, 0) is 37.1 Å². The highest BCUT2D eigenvalue weighted by molar-refractivity contribution is 8.15. The monoisotopic (exact) mass is 499 g/mol. The first kappa shape index (κ1) is 26.9. The molecule has 0 bridgehead atoms. The number of terminal acetylenes is 1. The summed E-state index contributed by atoms with van der Waals surface area (Å²) in [6.45, 7) is 1.06. The molecule has 0 radical (unpaired) electrons. The van der Waals surface area contributed by atoms with Gasteiger partial charge in [-0.25, -0.2) is 14.4 Å². The Balaban J connectivity index is 2.27. The Labute approximate surface area is 197 Å². The van der Waals surface area contributed by atoms with Crippen molar-refractivity contribution in [2.24, 2.45) is 10.7 Å². The maximum Gasteiger partial charge on any atom is 0.415 e. The molecule has 2 rings (SSSR count). The van der Waals surface area contributed by atoms with Crippen LogP contribution in [0.3, 0.4) is 0 Å². The van der Waals surface area contributed by atoms with E-state index in [1.807, 2.05) is 0 Å². The zero-order valence-electron chi connectivity index (χ0n) is 18.1. The third-order valence-electron chi connectivity index (χ3n) is 4.46. The number of halogens is 4. The van der Waals surface area contributed by atoms with Crippen molar-refractivity contribution in [1.82, 2.24) is 9.97 Å². The second-order valence-electron chi connectivity index (χ2n) is 7.09. The number of thioether (sulfide) groups is 1.